The molecule has 144 valence electrons. The van der Waals surface area contributed by atoms with Crippen LogP contribution in [0.2, 0.25) is 0 Å². The van der Waals surface area contributed by atoms with Crippen LogP contribution in [0.1, 0.15) is 39.0 Å². The van der Waals surface area contributed by atoms with Crippen LogP contribution < -0.4 is 20.9 Å². The average Bonchev–Trinajstić information content (AvgIpc) is 3.28. The van der Waals surface area contributed by atoms with Crippen molar-refractivity contribution in [2.75, 3.05) is 29.9 Å². The molecule has 7 heteroatoms. The summed E-state index contributed by atoms with van der Waals surface area (Å²) in [5, 5.41) is 9.04. The number of carbonyl (C=O) groups is 2. The van der Waals surface area contributed by atoms with Gasteiger partial charge in [-0.3, -0.25) is 9.59 Å². The minimum absolute atomic E-state index is 0. The smallest absolute Gasteiger partial charge is 0.237 e. The Bertz CT molecular complexity index is 613. The van der Waals surface area contributed by atoms with Crippen molar-refractivity contribution in [2.24, 2.45) is 0 Å². The Morgan fingerprint density at radius 3 is 2.73 bits per heavy atom. The van der Waals surface area contributed by atoms with Gasteiger partial charge in [0.15, 0.2) is 0 Å². The molecular weight excluding hydrogens is 352 g/mol. The first-order valence-corrected chi connectivity index (χ1v) is 9.30. The van der Waals surface area contributed by atoms with E-state index in [-0.39, 0.29) is 42.7 Å². The number of anilines is 2. The summed E-state index contributed by atoms with van der Waals surface area (Å²) in [5.74, 6) is -0.0837. The molecule has 2 atom stereocenters. The number of rotatable bonds is 6. The summed E-state index contributed by atoms with van der Waals surface area (Å²) in [6.45, 7) is 4.92. The molecule has 2 unspecified atom stereocenters. The highest BCUT2D eigenvalue weighted by Crippen LogP contribution is 2.23. The number of hydrogen-bond acceptors (Lipinski definition) is 4. The lowest BCUT2D eigenvalue weighted by Gasteiger charge is -2.19. The maximum atomic E-state index is 12.3. The van der Waals surface area contributed by atoms with Crippen LogP contribution in [-0.2, 0) is 9.59 Å². The summed E-state index contributed by atoms with van der Waals surface area (Å²) in [6.07, 6.45) is 4.62. The minimum Gasteiger partial charge on any atom is -0.371 e. The molecule has 0 radical (unpaired) electrons. The first-order chi connectivity index (χ1) is 12.1. The Kier molecular flexibility index (Phi) is 7.72. The molecular formula is C19H29ClN4O2. The fourth-order valence-corrected chi connectivity index (χ4v) is 3.55. The third-order valence-electron chi connectivity index (χ3n) is 4.86. The molecule has 2 fully saturated rings. The van der Waals surface area contributed by atoms with Gasteiger partial charge in [-0.15, -0.1) is 12.4 Å². The second-order valence-electron chi connectivity index (χ2n) is 7.06. The predicted molar refractivity (Wildman–Crippen MR) is 107 cm³/mol. The summed E-state index contributed by atoms with van der Waals surface area (Å²) in [4.78, 5) is 26.7. The van der Waals surface area contributed by atoms with Crippen LogP contribution in [-0.4, -0.2) is 43.5 Å². The zero-order valence-electron chi connectivity index (χ0n) is 15.3. The number of carbonyl (C=O) groups excluding carboxylic acids is 2. The van der Waals surface area contributed by atoms with Crippen molar-refractivity contribution in [1.29, 1.82) is 0 Å². The summed E-state index contributed by atoms with van der Waals surface area (Å²) in [7, 11) is 0. The van der Waals surface area contributed by atoms with Gasteiger partial charge < -0.3 is 20.9 Å². The van der Waals surface area contributed by atoms with Gasteiger partial charge in [0.25, 0.3) is 0 Å². The fraction of sp³-hybridized carbons (Fsp3) is 0.579. The summed E-state index contributed by atoms with van der Waals surface area (Å²) < 4.78 is 0. The Labute approximate surface area is 161 Å². The molecule has 2 heterocycles. The lowest BCUT2D eigenvalue weighted by molar-refractivity contribution is -0.123. The number of halogens is 1. The van der Waals surface area contributed by atoms with E-state index < -0.39 is 0 Å². The Balaban J connectivity index is 0.00000243. The monoisotopic (exact) mass is 380 g/mol. The van der Waals surface area contributed by atoms with Gasteiger partial charge >= 0.3 is 0 Å². The van der Waals surface area contributed by atoms with Crippen molar-refractivity contribution < 1.29 is 9.59 Å². The fourth-order valence-electron chi connectivity index (χ4n) is 3.55. The van der Waals surface area contributed by atoms with Gasteiger partial charge in [0.2, 0.25) is 11.8 Å². The van der Waals surface area contributed by atoms with Crippen molar-refractivity contribution >= 4 is 35.6 Å². The topological polar surface area (TPSA) is 73.5 Å². The van der Waals surface area contributed by atoms with E-state index in [1.165, 1.54) is 12.8 Å². The van der Waals surface area contributed by atoms with E-state index in [1.807, 2.05) is 25.1 Å². The van der Waals surface area contributed by atoms with Crippen molar-refractivity contribution in [3.63, 3.8) is 0 Å². The average molecular weight is 381 g/mol. The molecule has 0 bridgehead atoms. The van der Waals surface area contributed by atoms with Crippen molar-refractivity contribution in [3.8, 4) is 0 Å². The minimum atomic E-state index is -0.184. The first kappa shape index (κ1) is 20.5. The van der Waals surface area contributed by atoms with E-state index in [1.54, 1.807) is 0 Å². The SMILES string of the molecule is CC(CC(=O)Nc1cccc(N2CCCC2)c1)NC(=O)C1CCCN1.Cl. The van der Waals surface area contributed by atoms with Crippen molar-refractivity contribution in [3.05, 3.63) is 24.3 Å². The number of nitrogens with zero attached hydrogens (tertiary/aromatic N) is 1. The molecule has 0 aliphatic carbocycles. The molecule has 3 rings (SSSR count). The molecule has 26 heavy (non-hydrogen) atoms. The summed E-state index contributed by atoms with van der Waals surface area (Å²) in [5.41, 5.74) is 1.97. The Hall–Kier alpha value is -1.79. The van der Waals surface area contributed by atoms with E-state index in [9.17, 15) is 9.59 Å². The number of nitrogens with one attached hydrogen (secondary N) is 3. The van der Waals surface area contributed by atoms with E-state index in [0.29, 0.717) is 0 Å². The zero-order chi connectivity index (χ0) is 17.6. The van der Waals surface area contributed by atoms with Gasteiger partial charge in [-0.05, 0) is 57.4 Å². The van der Waals surface area contributed by atoms with Gasteiger partial charge in [0.05, 0.1) is 6.04 Å². The molecule has 0 saturated carbocycles. The van der Waals surface area contributed by atoms with Crippen LogP contribution in [0.5, 0.6) is 0 Å². The highest BCUT2D eigenvalue weighted by Gasteiger charge is 2.23. The quantitative estimate of drug-likeness (QED) is 0.708. The zero-order valence-corrected chi connectivity index (χ0v) is 16.1. The maximum Gasteiger partial charge on any atom is 0.237 e. The van der Waals surface area contributed by atoms with Gasteiger partial charge in [0, 0.05) is 36.9 Å². The lowest BCUT2D eigenvalue weighted by Crippen LogP contribution is -2.45. The van der Waals surface area contributed by atoms with Crippen LogP contribution >= 0.6 is 12.4 Å². The van der Waals surface area contributed by atoms with Crippen LogP contribution in [0.25, 0.3) is 0 Å². The standard InChI is InChI=1S/C19H28N4O2.ClH/c1-14(21-19(25)17-8-5-9-20-17)12-18(24)22-15-6-4-7-16(13-15)23-10-2-3-11-23;/h4,6-7,13-14,17,20H,2-3,5,8-12H2,1H3,(H,21,25)(H,22,24);1H. The Morgan fingerprint density at radius 2 is 2.04 bits per heavy atom. The largest absolute Gasteiger partial charge is 0.371 e. The summed E-state index contributed by atoms with van der Waals surface area (Å²) in [6, 6.07) is 7.69. The molecule has 3 N–H and O–H groups in total. The summed E-state index contributed by atoms with van der Waals surface area (Å²) >= 11 is 0. The highest BCUT2D eigenvalue weighted by molar-refractivity contribution is 5.92. The van der Waals surface area contributed by atoms with Crippen LogP contribution in [0.4, 0.5) is 11.4 Å². The second kappa shape index (κ2) is 9.78. The van der Waals surface area contributed by atoms with Gasteiger partial charge in [-0.1, -0.05) is 6.07 Å². The van der Waals surface area contributed by atoms with E-state index in [4.69, 9.17) is 0 Å². The van der Waals surface area contributed by atoms with E-state index in [0.717, 1.165) is 43.9 Å². The van der Waals surface area contributed by atoms with Crippen LogP contribution in [0.15, 0.2) is 24.3 Å². The predicted octanol–water partition coefficient (Wildman–Crippen LogP) is 2.29. The van der Waals surface area contributed by atoms with Crippen LogP contribution in [0.3, 0.4) is 0 Å². The highest BCUT2D eigenvalue weighted by atomic mass is 35.5. The van der Waals surface area contributed by atoms with E-state index >= 15 is 0 Å². The van der Waals surface area contributed by atoms with Crippen molar-refractivity contribution in [1.82, 2.24) is 10.6 Å². The van der Waals surface area contributed by atoms with E-state index in [2.05, 4.69) is 26.9 Å². The second-order valence-corrected chi connectivity index (χ2v) is 7.06. The maximum absolute atomic E-state index is 12.3. The van der Waals surface area contributed by atoms with Gasteiger partial charge in [0.1, 0.15) is 0 Å². The molecule has 0 aromatic heterocycles. The lowest BCUT2D eigenvalue weighted by atomic mass is 10.1. The first-order valence-electron chi connectivity index (χ1n) is 9.30. The third-order valence-corrected chi connectivity index (χ3v) is 4.86. The Morgan fingerprint density at radius 1 is 1.27 bits per heavy atom. The van der Waals surface area contributed by atoms with Crippen molar-refractivity contribution in [2.45, 2.75) is 51.1 Å². The molecule has 2 aliphatic rings. The normalized spacial score (nSPS) is 20.3. The molecule has 2 aliphatic heterocycles. The molecule has 2 amide bonds. The molecule has 1 aromatic rings. The number of hydrogen-bond donors (Lipinski definition) is 3. The van der Waals surface area contributed by atoms with Gasteiger partial charge in [-0.25, -0.2) is 0 Å². The van der Waals surface area contributed by atoms with Gasteiger partial charge in [-0.2, -0.15) is 0 Å². The molecule has 6 nitrogen and oxygen atoms in total. The van der Waals surface area contributed by atoms with Crippen LogP contribution in [0, 0.1) is 0 Å². The molecule has 0 spiro atoms. The third kappa shape index (κ3) is 5.61. The number of benzene rings is 1. The number of amides is 2. The molecule has 2 saturated heterocycles. The molecule has 1 aromatic carbocycles.